The maximum atomic E-state index is 13.6. The summed E-state index contributed by atoms with van der Waals surface area (Å²) in [5, 5.41) is 5.86. The summed E-state index contributed by atoms with van der Waals surface area (Å²) >= 11 is 0. The van der Waals surface area contributed by atoms with Crippen LogP contribution in [0, 0.1) is 5.82 Å². The predicted molar refractivity (Wildman–Crippen MR) is 87.7 cm³/mol. The summed E-state index contributed by atoms with van der Waals surface area (Å²) in [5.41, 5.74) is 6.39. The largest absolute Gasteiger partial charge is 0.397 e. The van der Waals surface area contributed by atoms with Crippen LogP contribution in [0.25, 0.3) is 0 Å². The summed E-state index contributed by atoms with van der Waals surface area (Å²) in [6.07, 6.45) is 2.39. The summed E-state index contributed by atoms with van der Waals surface area (Å²) in [4.78, 5) is 18.0. The first-order valence-corrected chi connectivity index (χ1v) is 7.40. The Morgan fingerprint density at radius 3 is 2.87 bits per heavy atom. The van der Waals surface area contributed by atoms with Gasteiger partial charge in [-0.25, -0.2) is 14.2 Å². The Balaban J connectivity index is 1.55. The lowest BCUT2D eigenvalue weighted by Gasteiger charge is -2.18. The molecule has 120 valence electrons. The normalized spacial score (nSPS) is 17.1. The topological polar surface area (TPSA) is 83.3 Å². The molecule has 1 aliphatic rings. The average Bonchev–Trinajstić information content (AvgIpc) is 3.00. The van der Waals surface area contributed by atoms with Gasteiger partial charge in [-0.1, -0.05) is 12.1 Å². The highest BCUT2D eigenvalue weighted by Crippen LogP contribution is 2.18. The fraction of sp³-hybridized carbons (Fsp3) is 0.250. The molecular formula is C16H18FN5O. The van der Waals surface area contributed by atoms with E-state index in [0.29, 0.717) is 18.8 Å². The van der Waals surface area contributed by atoms with Crippen LogP contribution in [0.2, 0.25) is 0 Å². The second-order valence-corrected chi connectivity index (χ2v) is 5.46. The van der Waals surface area contributed by atoms with E-state index in [2.05, 4.69) is 15.6 Å². The molecular weight excluding hydrogens is 297 g/mol. The minimum atomic E-state index is -0.444. The number of halogens is 1. The number of nitrogen functional groups attached to an aromatic ring is 1. The molecule has 0 spiro atoms. The van der Waals surface area contributed by atoms with Crippen LogP contribution in [0.15, 0.2) is 42.6 Å². The quantitative estimate of drug-likeness (QED) is 0.813. The van der Waals surface area contributed by atoms with Gasteiger partial charge in [0, 0.05) is 19.1 Å². The number of benzene rings is 1. The maximum Gasteiger partial charge on any atom is 0.321 e. The molecule has 1 aromatic heterocycles. The number of anilines is 3. The fourth-order valence-electron chi connectivity index (χ4n) is 2.52. The monoisotopic (exact) mass is 315 g/mol. The number of nitrogens with one attached hydrogen (secondary N) is 2. The maximum absolute atomic E-state index is 13.6. The molecule has 1 aliphatic heterocycles. The highest BCUT2D eigenvalue weighted by molar-refractivity contribution is 5.89. The number of amides is 2. The summed E-state index contributed by atoms with van der Waals surface area (Å²) in [7, 11) is 0. The Morgan fingerprint density at radius 2 is 2.13 bits per heavy atom. The number of para-hydroxylation sites is 1. The molecule has 0 aliphatic carbocycles. The number of urea groups is 1. The van der Waals surface area contributed by atoms with Gasteiger partial charge in [0.25, 0.3) is 0 Å². The van der Waals surface area contributed by atoms with E-state index in [4.69, 9.17) is 5.73 Å². The van der Waals surface area contributed by atoms with Crippen molar-refractivity contribution in [1.29, 1.82) is 0 Å². The Kier molecular flexibility index (Phi) is 4.27. The van der Waals surface area contributed by atoms with E-state index in [-0.39, 0.29) is 17.8 Å². The SMILES string of the molecule is Nc1ccc(N[C@@H]2CCN(C(=O)Nc3ccccc3F)C2)nc1. The molecule has 7 heteroatoms. The number of carbonyl (C=O) groups excluding carboxylic acids is 1. The number of aromatic nitrogens is 1. The van der Waals surface area contributed by atoms with Crippen molar-refractivity contribution in [2.24, 2.45) is 0 Å². The molecule has 1 saturated heterocycles. The van der Waals surface area contributed by atoms with Crippen molar-refractivity contribution in [1.82, 2.24) is 9.88 Å². The standard InChI is InChI=1S/C16H18FN5O/c17-13-3-1-2-4-14(13)21-16(23)22-8-7-12(10-22)20-15-6-5-11(18)9-19-15/h1-6,9,12H,7-8,10,18H2,(H,19,20)(H,21,23)/t12-/m1/s1. The zero-order valence-corrected chi connectivity index (χ0v) is 12.5. The minimum absolute atomic E-state index is 0.109. The van der Waals surface area contributed by atoms with Crippen LogP contribution < -0.4 is 16.4 Å². The number of hydrogen-bond acceptors (Lipinski definition) is 4. The number of hydrogen-bond donors (Lipinski definition) is 3. The van der Waals surface area contributed by atoms with Crippen molar-refractivity contribution in [3.05, 3.63) is 48.4 Å². The van der Waals surface area contributed by atoms with Gasteiger partial charge in [-0.05, 0) is 30.7 Å². The van der Waals surface area contributed by atoms with E-state index in [1.165, 1.54) is 12.1 Å². The smallest absolute Gasteiger partial charge is 0.321 e. The molecule has 0 unspecified atom stereocenters. The lowest BCUT2D eigenvalue weighted by molar-refractivity contribution is 0.222. The van der Waals surface area contributed by atoms with Crippen molar-refractivity contribution in [2.45, 2.75) is 12.5 Å². The van der Waals surface area contributed by atoms with Crippen molar-refractivity contribution in [3.8, 4) is 0 Å². The summed E-state index contributed by atoms with van der Waals surface area (Å²) in [5.74, 6) is 0.279. The first kappa shape index (κ1) is 15.1. The van der Waals surface area contributed by atoms with E-state index in [9.17, 15) is 9.18 Å². The van der Waals surface area contributed by atoms with Gasteiger partial charge in [0.1, 0.15) is 11.6 Å². The van der Waals surface area contributed by atoms with E-state index >= 15 is 0 Å². The number of likely N-dealkylation sites (tertiary alicyclic amines) is 1. The Morgan fingerprint density at radius 1 is 1.30 bits per heavy atom. The lowest BCUT2D eigenvalue weighted by Crippen LogP contribution is -2.35. The van der Waals surface area contributed by atoms with Gasteiger partial charge in [0.2, 0.25) is 0 Å². The molecule has 2 amide bonds. The van der Waals surface area contributed by atoms with Crippen molar-refractivity contribution >= 4 is 23.2 Å². The average molecular weight is 315 g/mol. The number of nitrogens with zero attached hydrogens (tertiary/aromatic N) is 2. The molecule has 3 rings (SSSR count). The summed E-state index contributed by atoms with van der Waals surface area (Å²) < 4.78 is 13.6. The molecule has 1 aromatic carbocycles. The van der Waals surface area contributed by atoms with Gasteiger partial charge in [-0.2, -0.15) is 0 Å². The Labute approximate surface area is 133 Å². The van der Waals surface area contributed by atoms with Crippen LogP contribution in [0.3, 0.4) is 0 Å². The molecule has 6 nitrogen and oxygen atoms in total. The van der Waals surface area contributed by atoms with E-state index in [1.54, 1.807) is 35.4 Å². The van der Waals surface area contributed by atoms with Gasteiger partial charge >= 0.3 is 6.03 Å². The molecule has 1 atom stereocenters. The third-order valence-electron chi connectivity index (χ3n) is 3.73. The van der Waals surface area contributed by atoms with Crippen molar-refractivity contribution in [2.75, 3.05) is 29.5 Å². The molecule has 4 N–H and O–H groups in total. The first-order chi connectivity index (χ1) is 11.1. The number of rotatable bonds is 3. The third-order valence-corrected chi connectivity index (χ3v) is 3.73. The second kappa shape index (κ2) is 6.51. The molecule has 2 aromatic rings. The highest BCUT2D eigenvalue weighted by Gasteiger charge is 2.26. The zero-order chi connectivity index (χ0) is 16.2. The van der Waals surface area contributed by atoms with Crippen LogP contribution >= 0.6 is 0 Å². The van der Waals surface area contributed by atoms with Crippen LogP contribution in [-0.4, -0.2) is 35.0 Å². The van der Waals surface area contributed by atoms with Gasteiger partial charge < -0.3 is 21.3 Å². The van der Waals surface area contributed by atoms with Crippen LogP contribution in [0.4, 0.5) is 26.4 Å². The van der Waals surface area contributed by atoms with Crippen molar-refractivity contribution in [3.63, 3.8) is 0 Å². The number of carbonyl (C=O) groups is 1. The molecule has 0 saturated carbocycles. The Bertz CT molecular complexity index is 691. The van der Waals surface area contributed by atoms with Gasteiger partial charge in [0.15, 0.2) is 0 Å². The molecule has 23 heavy (non-hydrogen) atoms. The summed E-state index contributed by atoms with van der Waals surface area (Å²) in [6.45, 7) is 1.14. The first-order valence-electron chi connectivity index (χ1n) is 7.40. The van der Waals surface area contributed by atoms with E-state index in [0.717, 1.165) is 12.2 Å². The van der Waals surface area contributed by atoms with Gasteiger partial charge in [0.05, 0.1) is 17.6 Å². The van der Waals surface area contributed by atoms with Gasteiger partial charge in [-0.3, -0.25) is 0 Å². The minimum Gasteiger partial charge on any atom is -0.397 e. The third kappa shape index (κ3) is 3.68. The van der Waals surface area contributed by atoms with E-state index in [1.807, 2.05) is 0 Å². The van der Waals surface area contributed by atoms with E-state index < -0.39 is 5.82 Å². The second-order valence-electron chi connectivity index (χ2n) is 5.46. The molecule has 0 bridgehead atoms. The highest BCUT2D eigenvalue weighted by atomic mass is 19.1. The lowest BCUT2D eigenvalue weighted by atomic mass is 10.2. The molecule has 2 heterocycles. The van der Waals surface area contributed by atoms with Gasteiger partial charge in [-0.15, -0.1) is 0 Å². The number of nitrogens with two attached hydrogens (primary N) is 1. The summed E-state index contributed by atoms with van der Waals surface area (Å²) in [6, 6.07) is 9.50. The van der Waals surface area contributed by atoms with Crippen LogP contribution in [0.1, 0.15) is 6.42 Å². The molecule has 0 radical (unpaired) electrons. The molecule has 1 fully saturated rings. The van der Waals surface area contributed by atoms with Crippen LogP contribution in [0.5, 0.6) is 0 Å². The van der Waals surface area contributed by atoms with Crippen LogP contribution in [-0.2, 0) is 0 Å². The fourth-order valence-corrected chi connectivity index (χ4v) is 2.52. The zero-order valence-electron chi connectivity index (χ0n) is 12.5. The predicted octanol–water partition coefficient (Wildman–Crippen LogP) is 2.52. The number of pyridine rings is 1. The Hall–Kier alpha value is -2.83. The van der Waals surface area contributed by atoms with Crippen molar-refractivity contribution < 1.29 is 9.18 Å².